The van der Waals surface area contributed by atoms with Crippen LogP contribution in [0.5, 0.6) is 0 Å². The number of hydrogen-bond acceptors (Lipinski definition) is 4. The van der Waals surface area contributed by atoms with Crippen molar-refractivity contribution in [2.45, 2.75) is 108 Å². The van der Waals surface area contributed by atoms with Crippen LogP contribution < -0.4 is 0 Å². The predicted octanol–water partition coefficient (Wildman–Crippen LogP) is 3.37. The van der Waals surface area contributed by atoms with Crippen LogP contribution in [-0.4, -0.2) is 38.9 Å². The Morgan fingerprint density at radius 3 is 2.15 bits per heavy atom. The smallest absolute Gasteiger partial charge is 0.155 e. The minimum Gasteiger partial charge on any atom is -0.393 e. The van der Waals surface area contributed by atoms with Crippen LogP contribution >= 0.6 is 0 Å². The number of hydrogen-bond donors (Lipinski definition) is 3. The van der Waals surface area contributed by atoms with Crippen LogP contribution in [0, 0.1) is 28.6 Å². The molecule has 3 N–H and O–H groups in total. The molecule has 0 unspecified atom stereocenters. The lowest BCUT2D eigenvalue weighted by atomic mass is 9.43. The third kappa shape index (κ3) is 2.05. The first-order chi connectivity index (χ1) is 12.2. The summed E-state index contributed by atoms with van der Waals surface area (Å²) in [6.45, 7) is 4.76. The molecular weight excluding hydrogens is 328 g/mol. The zero-order valence-electron chi connectivity index (χ0n) is 16.4. The van der Waals surface area contributed by atoms with Gasteiger partial charge in [-0.15, -0.1) is 0 Å². The van der Waals surface area contributed by atoms with Crippen molar-refractivity contribution in [3.8, 4) is 0 Å². The number of aliphatic hydroxyl groups is 3. The second kappa shape index (κ2) is 5.46. The highest BCUT2D eigenvalue weighted by atomic mass is 16.6. The van der Waals surface area contributed by atoms with E-state index in [1.165, 1.54) is 6.42 Å². The molecule has 1 saturated heterocycles. The van der Waals surface area contributed by atoms with E-state index in [2.05, 4.69) is 13.8 Å². The van der Waals surface area contributed by atoms with Crippen LogP contribution in [0.4, 0.5) is 0 Å². The molecule has 9 atom stereocenters. The minimum atomic E-state index is -0.685. The van der Waals surface area contributed by atoms with Gasteiger partial charge in [-0.2, -0.15) is 0 Å². The Morgan fingerprint density at radius 2 is 1.42 bits per heavy atom. The second-order valence-corrected chi connectivity index (χ2v) is 10.9. The van der Waals surface area contributed by atoms with Gasteiger partial charge < -0.3 is 20.1 Å². The Morgan fingerprint density at radius 1 is 0.769 bits per heavy atom. The molecule has 0 aromatic heterocycles. The summed E-state index contributed by atoms with van der Waals surface area (Å²) < 4.78 is 6.20. The van der Waals surface area contributed by atoms with Gasteiger partial charge in [-0.1, -0.05) is 13.8 Å². The Hall–Kier alpha value is -0.160. The van der Waals surface area contributed by atoms with E-state index in [0.29, 0.717) is 24.2 Å². The molecule has 1 spiro atoms. The Kier molecular flexibility index (Phi) is 3.76. The number of ether oxygens (including phenoxy) is 1. The molecule has 5 rings (SSSR count). The van der Waals surface area contributed by atoms with Crippen LogP contribution in [0.15, 0.2) is 0 Å². The van der Waals surface area contributed by atoms with Crippen molar-refractivity contribution in [2.75, 3.05) is 0 Å². The summed E-state index contributed by atoms with van der Waals surface area (Å²) in [6.07, 6.45) is 9.78. The van der Waals surface area contributed by atoms with E-state index >= 15 is 0 Å². The highest BCUT2D eigenvalue weighted by molar-refractivity contribution is 5.18. The number of aliphatic hydroxyl groups excluding tert-OH is 2. The van der Waals surface area contributed by atoms with Gasteiger partial charge in [-0.05, 0) is 86.4 Å². The maximum atomic E-state index is 11.5. The van der Waals surface area contributed by atoms with Gasteiger partial charge in [0.15, 0.2) is 6.29 Å². The van der Waals surface area contributed by atoms with E-state index in [0.717, 1.165) is 57.8 Å². The van der Waals surface area contributed by atoms with Crippen molar-refractivity contribution in [2.24, 2.45) is 28.6 Å². The zero-order chi connectivity index (χ0) is 18.4. The SMILES string of the molecule is C[C@]12CC[C@H]3[C@@H](CC[C@]4(O)C[C@H](O)CC[C@]34C)[C@@H]1CC[C@@]21CC[C@@H](O)O1. The molecule has 26 heavy (non-hydrogen) atoms. The minimum absolute atomic E-state index is 0.0533. The van der Waals surface area contributed by atoms with Crippen molar-refractivity contribution in [1.29, 1.82) is 0 Å². The fourth-order valence-electron chi connectivity index (χ4n) is 8.66. The Bertz CT molecular complexity index is 595. The van der Waals surface area contributed by atoms with E-state index < -0.39 is 11.9 Å². The van der Waals surface area contributed by atoms with Gasteiger partial charge in [0.25, 0.3) is 0 Å². The molecule has 0 bridgehead atoms. The monoisotopic (exact) mass is 364 g/mol. The quantitative estimate of drug-likeness (QED) is 0.616. The lowest BCUT2D eigenvalue weighted by Crippen LogP contribution is -2.63. The number of fused-ring (bicyclic) bond motifs is 6. The van der Waals surface area contributed by atoms with Crippen LogP contribution in [-0.2, 0) is 4.74 Å². The van der Waals surface area contributed by atoms with Gasteiger partial charge in [0.2, 0.25) is 0 Å². The van der Waals surface area contributed by atoms with Crippen LogP contribution in [0.25, 0.3) is 0 Å². The summed E-state index contributed by atoms with van der Waals surface area (Å²) in [5, 5.41) is 31.7. The Balaban J connectivity index is 1.46. The van der Waals surface area contributed by atoms with Gasteiger partial charge in [-0.25, -0.2) is 0 Å². The summed E-state index contributed by atoms with van der Waals surface area (Å²) in [5.41, 5.74) is -0.677. The van der Waals surface area contributed by atoms with E-state index in [-0.39, 0.29) is 22.5 Å². The molecule has 4 heteroatoms. The van der Waals surface area contributed by atoms with E-state index in [1.807, 2.05) is 0 Å². The first-order valence-electron chi connectivity index (χ1n) is 11.0. The van der Waals surface area contributed by atoms with Crippen LogP contribution in [0.2, 0.25) is 0 Å². The fourth-order valence-corrected chi connectivity index (χ4v) is 8.66. The normalized spacial score (nSPS) is 62.0. The lowest BCUT2D eigenvalue weighted by molar-refractivity contribution is -0.236. The highest BCUT2D eigenvalue weighted by Gasteiger charge is 2.68. The van der Waals surface area contributed by atoms with Gasteiger partial charge in [0.1, 0.15) is 0 Å². The first-order valence-corrected chi connectivity index (χ1v) is 11.0. The molecule has 0 aromatic carbocycles. The molecule has 0 amide bonds. The first kappa shape index (κ1) is 17.9. The Labute approximate surface area is 157 Å². The van der Waals surface area contributed by atoms with E-state index in [9.17, 15) is 15.3 Å². The molecule has 4 saturated carbocycles. The third-order valence-corrected chi connectivity index (χ3v) is 10.2. The fraction of sp³-hybridized carbons (Fsp3) is 1.00. The molecular formula is C22H36O4. The molecule has 1 heterocycles. The maximum absolute atomic E-state index is 11.5. The third-order valence-electron chi connectivity index (χ3n) is 10.2. The van der Waals surface area contributed by atoms with Crippen molar-refractivity contribution >= 4 is 0 Å². The van der Waals surface area contributed by atoms with Gasteiger partial charge in [0, 0.05) is 12.8 Å². The lowest BCUT2D eigenvalue weighted by Gasteiger charge is -2.64. The van der Waals surface area contributed by atoms with Crippen LogP contribution in [0.3, 0.4) is 0 Å². The summed E-state index contributed by atoms with van der Waals surface area (Å²) in [5.74, 6) is 1.88. The summed E-state index contributed by atoms with van der Waals surface area (Å²) >= 11 is 0. The van der Waals surface area contributed by atoms with Crippen molar-refractivity contribution in [1.82, 2.24) is 0 Å². The number of rotatable bonds is 0. The molecule has 4 aliphatic carbocycles. The zero-order valence-corrected chi connectivity index (χ0v) is 16.4. The molecule has 5 fully saturated rings. The summed E-state index contributed by atoms with van der Waals surface area (Å²) in [4.78, 5) is 0. The largest absolute Gasteiger partial charge is 0.393 e. The molecule has 148 valence electrons. The van der Waals surface area contributed by atoms with Crippen LogP contribution in [0.1, 0.15) is 84.5 Å². The summed E-state index contributed by atoms with van der Waals surface area (Å²) in [6, 6.07) is 0. The standard InChI is InChI=1S/C22H36O4/c1-19-8-3-14(23)13-21(19,25)10-4-15-16(19)5-9-20(2)17(15)6-11-22(20)12-7-18(24)26-22/h14-18,23-25H,3-13H2,1-2H3/t14-,15-,16+,17+,18+,19-,20+,21+,22-/m1/s1. The van der Waals surface area contributed by atoms with E-state index in [1.54, 1.807) is 0 Å². The molecule has 0 aromatic rings. The van der Waals surface area contributed by atoms with Gasteiger partial charge >= 0.3 is 0 Å². The predicted molar refractivity (Wildman–Crippen MR) is 98.3 cm³/mol. The second-order valence-electron chi connectivity index (χ2n) is 10.9. The summed E-state index contributed by atoms with van der Waals surface area (Å²) in [7, 11) is 0. The molecule has 1 aliphatic heterocycles. The topological polar surface area (TPSA) is 69.9 Å². The average Bonchev–Trinajstić information content (AvgIpc) is 3.10. The highest BCUT2D eigenvalue weighted by Crippen LogP contribution is 2.71. The molecule has 5 aliphatic rings. The van der Waals surface area contributed by atoms with Gasteiger partial charge in [-0.3, -0.25) is 0 Å². The average molecular weight is 365 g/mol. The van der Waals surface area contributed by atoms with Gasteiger partial charge in [0.05, 0.1) is 17.3 Å². The van der Waals surface area contributed by atoms with Crippen molar-refractivity contribution < 1.29 is 20.1 Å². The molecule has 4 nitrogen and oxygen atoms in total. The molecule has 0 radical (unpaired) electrons. The van der Waals surface area contributed by atoms with Crippen molar-refractivity contribution in [3.05, 3.63) is 0 Å². The van der Waals surface area contributed by atoms with E-state index in [4.69, 9.17) is 4.74 Å². The maximum Gasteiger partial charge on any atom is 0.155 e. The van der Waals surface area contributed by atoms with Crippen molar-refractivity contribution in [3.63, 3.8) is 0 Å².